The van der Waals surface area contributed by atoms with Gasteiger partial charge in [-0.25, -0.2) is 9.28 Å². The van der Waals surface area contributed by atoms with Gasteiger partial charge in [0.15, 0.2) is 6.34 Å². The Kier molecular flexibility index (Phi) is 7.33. The van der Waals surface area contributed by atoms with Gasteiger partial charge in [0.05, 0.1) is 26.3 Å². The van der Waals surface area contributed by atoms with Gasteiger partial charge >= 0.3 is 18.8 Å². The number of aromatic nitrogens is 2. The zero-order valence-electron chi connectivity index (χ0n) is 16.6. The maximum atomic E-state index is 12.5. The van der Waals surface area contributed by atoms with Crippen LogP contribution < -0.4 is 15.7 Å². The fourth-order valence-electron chi connectivity index (χ4n) is 3.33. The molecule has 27 heavy (non-hydrogen) atoms. The largest absolute Gasteiger partial charge is 0.330 e. The summed E-state index contributed by atoms with van der Waals surface area (Å²) in [7, 11) is -1.39. The number of unbranched alkanes of at least 4 members (excludes halogenated alkanes) is 1. The second-order valence-corrected chi connectivity index (χ2v) is 8.97. The van der Waals surface area contributed by atoms with Gasteiger partial charge < -0.3 is 9.05 Å². The van der Waals surface area contributed by atoms with E-state index in [0.29, 0.717) is 54.9 Å². The molecule has 0 fully saturated rings. The number of nitrogens with zero attached hydrogens (tertiary/aromatic N) is 3. The van der Waals surface area contributed by atoms with E-state index in [1.54, 1.807) is 27.2 Å². The first-order valence-corrected chi connectivity index (χ1v) is 11.2. The minimum Gasteiger partial charge on any atom is -0.309 e. The smallest absolute Gasteiger partial charge is 0.309 e. The molecule has 2 rings (SSSR count). The lowest BCUT2D eigenvalue weighted by Gasteiger charge is -2.29. The highest BCUT2D eigenvalue weighted by molar-refractivity contribution is 7.53. The Labute approximate surface area is 159 Å². The monoisotopic (exact) mass is 401 g/mol. The van der Waals surface area contributed by atoms with Crippen molar-refractivity contribution >= 4 is 25.4 Å². The molecule has 0 spiro atoms. The SMILES string of the molecule is CCC[N+]1(CCCCOP(=O)(CC)OCC)C=Nc2c1c(=O)[nH]c(=O)n2C. The summed E-state index contributed by atoms with van der Waals surface area (Å²) in [5, 5.41) is 0. The molecule has 0 amide bonds. The zero-order chi connectivity index (χ0) is 20.1. The number of aliphatic imine (C=N–C) groups is 1. The fourth-order valence-corrected chi connectivity index (χ4v) is 4.58. The van der Waals surface area contributed by atoms with Crippen LogP contribution in [0.15, 0.2) is 14.6 Å². The van der Waals surface area contributed by atoms with Gasteiger partial charge in [-0.2, -0.15) is 4.99 Å². The lowest BCUT2D eigenvalue weighted by molar-refractivity contribution is 0.208. The van der Waals surface area contributed by atoms with Crippen LogP contribution in [0.1, 0.15) is 40.0 Å². The van der Waals surface area contributed by atoms with E-state index >= 15 is 0 Å². The van der Waals surface area contributed by atoms with Gasteiger partial charge in [-0.05, 0) is 26.2 Å². The highest BCUT2D eigenvalue weighted by atomic mass is 31.2. The Bertz CT molecular complexity index is 847. The van der Waals surface area contributed by atoms with Crippen LogP contribution in [0.25, 0.3) is 0 Å². The van der Waals surface area contributed by atoms with E-state index in [9.17, 15) is 14.2 Å². The van der Waals surface area contributed by atoms with Gasteiger partial charge in [0.25, 0.3) is 0 Å². The number of quaternary nitrogens is 1. The summed E-state index contributed by atoms with van der Waals surface area (Å²) < 4.78 is 24.7. The first-order chi connectivity index (χ1) is 12.8. The van der Waals surface area contributed by atoms with Crippen molar-refractivity contribution in [3.63, 3.8) is 0 Å². The molecule has 152 valence electrons. The molecule has 1 aliphatic rings. The van der Waals surface area contributed by atoms with Crippen molar-refractivity contribution in [2.24, 2.45) is 12.0 Å². The summed E-state index contributed by atoms with van der Waals surface area (Å²) >= 11 is 0. The third kappa shape index (κ3) is 4.66. The molecule has 2 atom stereocenters. The fraction of sp³-hybridized carbons (Fsp3) is 0.706. The van der Waals surface area contributed by atoms with Crippen molar-refractivity contribution in [1.29, 1.82) is 0 Å². The Hall–Kier alpha value is -1.54. The number of fused-ring (bicyclic) bond motifs is 1. The topological polar surface area (TPSA) is 103 Å². The molecular formula is C17H30N4O5P+. The third-order valence-corrected chi connectivity index (χ3v) is 6.69. The number of hydrogen-bond donors (Lipinski definition) is 1. The number of aromatic amines is 1. The van der Waals surface area contributed by atoms with Crippen LogP contribution in [0.2, 0.25) is 0 Å². The second kappa shape index (κ2) is 9.10. The molecule has 1 N–H and O–H groups in total. The molecule has 1 aromatic heterocycles. The van der Waals surface area contributed by atoms with E-state index in [-0.39, 0.29) is 5.56 Å². The molecule has 9 nitrogen and oxygen atoms in total. The second-order valence-electron chi connectivity index (χ2n) is 6.60. The van der Waals surface area contributed by atoms with E-state index in [1.165, 1.54) is 4.57 Å². The molecule has 2 unspecified atom stereocenters. The lowest BCUT2D eigenvalue weighted by Crippen LogP contribution is -2.51. The van der Waals surface area contributed by atoms with Gasteiger partial charge in [0.1, 0.15) is 0 Å². The van der Waals surface area contributed by atoms with Crippen molar-refractivity contribution in [1.82, 2.24) is 14.0 Å². The van der Waals surface area contributed by atoms with Crippen molar-refractivity contribution in [3.8, 4) is 0 Å². The summed E-state index contributed by atoms with van der Waals surface area (Å²) in [6.45, 7) is 7.68. The normalized spacial score (nSPS) is 20.6. The predicted octanol–water partition coefficient (Wildman–Crippen LogP) is 2.51. The summed E-state index contributed by atoms with van der Waals surface area (Å²) in [5.41, 5.74) is -0.345. The average Bonchev–Trinajstić information content (AvgIpc) is 3.00. The molecule has 0 saturated carbocycles. The van der Waals surface area contributed by atoms with Crippen molar-refractivity contribution in [2.75, 3.05) is 32.5 Å². The van der Waals surface area contributed by atoms with Crippen LogP contribution in [-0.4, -0.2) is 48.4 Å². The van der Waals surface area contributed by atoms with E-state index in [2.05, 4.69) is 9.98 Å². The molecule has 0 radical (unpaired) electrons. The number of H-pyrrole nitrogens is 1. The van der Waals surface area contributed by atoms with Crippen LogP contribution in [0, 0.1) is 0 Å². The molecule has 1 aliphatic heterocycles. The van der Waals surface area contributed by atoms with Crippen LogP contribution in [-0.2, 0) is 20.7 Å². The highest BCUT2D eigenvalue weighted by Gasteiger charge is 2.40. The summed E-state index contributed by atoms with van der Waals surface area (Å²) in [5.74, 6) is 0.417. The lowest BCUT2D eigenvalue weighted by atomic mass is 10.2. The van der Waals surface area contributed by atoms with Gasteiger partial charge in [0, 0.05) is 13.2 Å². The summed E-state index contributed by atoms with van der Waals surface area (Å²) in [6, 6.07) is 0. The van der Waals surface area contributed by atoms with E-state index in [0.717, 1.165) is 12.8 Å². The molecule has 2 heterocycles. The van der Waals surface area contributed by atoms with E-state index < -0.39 is 13.3 Å². The summed E-state index contributed by atoms with van der Waals surface area (Å²) in [4.78, 5) is 31.0. The summed E-state index contributed by atoms with van der Waals surface area (Å²) in [6.07, 6.45) is 4.40. The van der Waals surface area contributed by atoms with Gasteiger partial charge in [-0.1, -0.05) is 13.8 Å². The van der Waals surface area contributed by atoms with Crippen LogP contribution in [0.5, 0.6) is 0 Å². The van der Waals surface area contributed by atoms with Crippen LogP contribution >= 0.6 is 7.60 Å². The van der Waals surface area contributed by atoms with E-state index in [4.69, 9.17) is 9.05 Å². The molecule has 0 saturated heterocycles. The molecular weight excluding hydrogens is 371 g/mol. The Balaban J connectivity index is 2.08. The Morgan fingerprint density at radius 2 is 1.93 bits per heavy atom. The minimum atomic E-state index is -2.99. The molecule has 10 heteroatoms. The first kappa shape index (κ1) is 21.8. The molecule has 1 aromatic rings. The van der Waals surface area contributed by atoms with Gasteiger partial charge in [0.2, 0.25) is 11.5 Å². The maximum Gasteiger partial charge on any atom is 0.330 e. The third-order valence-electron chi connectivity index (χ3n) is 4.69. The molecule has 0 aliphatic carbocycles. The van der Waals surface area contributed by atoms with E-state index in [1.807, 2.05) is 6.92 Å². The van der Waals surface area contributed by atoms with Crippen molar-refractivity contribution < 1.29 is 13.6 Å². The zero-order valence-corrected chi connectivity index (χ0v) is 17.5. The van der Waals surface area contributed by atoms with Crippen molar-refractivity contribution in [2.45, 2.75) is 40.0 Å². The quantitative estimate of drug-likeness (QED) is 0.349. The molecule has 0 aromatic carbocycles. The van der Waals surface area contributed by atoms with Gasteiger partial charge in [-0.3, -0.25) is 18.9 Å². The Morgan fingerprint density at radius 1 is 1.19 bits per heavy atom. The predicted molar refractivity (Wildman–Crippen MR) is 107 cm³/mol. The van der Waals surface area contributed by atoms with Crippen LogP contribution in [0.4, 0.5) is 11.5 Å². The highest BCUT2D eigenvalue weighted by Crippen LogP contribution is 2.47. The Morgan fingerprint density at radius 3 is 2.56 bits per heavy atom. The van der Waals surface area contributed by atoms with Crippen molar-refractivity contribution in [3.05, 3.63) is 20.8 Å². The minimum absolute atomic E-state index is 0.312. The van der Waals surface area contributed by atoms with Crippen LogP contribution in [0.3, 0.4) is 0 Å². The number of rotatable bonds is 11. The maximum absolute atomic E-state index is 12.5. The standard InChI is InChI=1S/C17H29N4O5P/c1-5-10-21(11-8-9-12-26-27(24,7-3)25-6-2)13-18-15-14(21)16(22)19-17(23)20(15)4/h13H,5-12H2,1-4H3/p+1. The number of nitrogens with one attached hydrogen (secondary N) is 1. The van der Waals surface area contributed by atoms with Gasteiger partial charge in [-0.15, -0.1) is 0 Å². The first-order valence-electron chi connectivity index (χ1n) is 9.46. The number of hydrogen-bond acceptors (Lipinski definition) is 6. The molecule has 0 bridgehead atoms. The average molecular weight is 401 g/mol.